The summed E-state index contributed by atoms with van der Waals surface area (Å²) in [5, 5.41) is 10.6. The maximum Gasteiger partial charge on any atom is 0.305 e. The molecule has 0 unspecified atom stereocenters. The molecule has 0 aliphatic carbocycles. The number of rotatable bonds is 4. The maximum atomic E-state index is 10.5. The van der Waals surface area contributed by atoms with Gasteiger partial charge in [-0.25, -0.2) is 0 Å². The van der Waals surface area contributed by atoms with Crippen molar-refractivity contribution in [2.24, 2.45) is 0 Å². The number of carbonyl (C=O) groups is 1. The lowest BCUT2D eigenvalue weighted by atomic mass is 10.3. The van der Waals surface area contributed by atoms with Gasteiger partial charge in [0.25, 0.3) is 0 Å². The van der Waals surface area contributed by atoms with Gasteiger partial charge >= 0.3 is 5.97 Å². The first kappa shape index (κ1) is 10.9. The molecule has 84 valence electrons. The summed E-state index contributed by atoms with van der Waals surface area (Å²) in [5.74, 6) is -0.775. The van der Waals surface area contributed by atoms with E-state index < -0.39 is 5.97 Å². The molecule has 2 aromatic rings. The first-order chi connectivity index (χ1) is 7.68. The molecule has 0 bridgehead atoms. The third kappa shape index (κ3) is 2.14. The summed E-state index contributed by atoms with van der Waals surface area (Å²) in [6.45, 7) is 0.506. The minimum Gasteiger partial charge on any atom is -0.481 e. The zero-order valence-electron chi connectivity index (χ0n) is 8.88. The van der Waals surface area contributed by atoms with Crippen molar-refractivity contribution in [1.82, 2.24) is 4.98 Å². The molecule has 0 aliphatic rings. The zero-order chi connectivity index (χ0) is 11.5. The van der Waals surface area contributed by atoms with Crippen LogP contribution in [0, 0.1) is 0 Å². The number of pyridine rings is 1. The lowest BCUT2D eigenvalue weighted by Crippen LogP contribution is -2.20. The van der Waals surface area contributed by atoms with Gasteiger partial charge in [0.1, 0.15) is 0 Å². The number of aliphatic carboxylic acids is 1. The van der Waals surface area contributed by atoms with Gasteiger partial charge in [-0.1, -0.05) is 0 Å². The van der Waals surface area contributed by atoms with Gasteiger partial charge in [0.05, 0.1) is 22.3 Å². The van der Waals surface area contributed by atoms with Gasteiger partial charge in [-0.15, -0.1) is 11.3 Å². The summed E-state index contributed by atoms with van der Waals surface area (Å²) in [5.41, 5.74) is 2.01. The van der Waals surface area contributed by atoms with E-state index in [9.17, 15) is 4.79 Å². The molecular formula is C11H12N2O2S. The molecule has 1 N–H and O–H groups in total. The van der Waals surface area contributed by atoms with Gasteiger partial charge in [-0.05, 0) is 17.5 Å². The number of hydrogen-bond acceptors (Lipinski definition) is 4. The van der Waals surface area contributed by atoms with E-state index in [0.29, 0.717) is 6.54 Å². The van der Waals surface area contributed by atoms with Gasteiger partial charge in [-0.2, -0.15) is 0 Å². The minimum atomic E-state index is -0.775. The minimum absolute atomic E-state index is 0.145. The summed E-state index contributed by atoms with van der Waals surface area (Å²) in [6, 6.07) is 3.88. The van der Waals surface area contributed by atoms with E-state index in [4.69, 9.17) is 5.11 Å². The first-order valence-corrected chi connectivity index (χ1v) is 5.81. The topological polar surface area (TPSA) is 53.4 Å². The number of carboxylic acids is 1. The van der Waals surface area contributed by atoms with Crippen LogP contribution in [0.25, 0.3) is 10.2 Å². The lowest BCUT2D eigenvalue weighted by Gasteiger charge is -2.18. The normalized spacial score (nSPS) is 10.6. The highest BCUT2D eigenvalue weighted by Crippen LogP contribution is 2.29. The molecule has 0 saturated heterocycles. The van der Waals surface area contributed by atoms with E-state index in [1.165, 1.54) is 0 Å². The molecule has 4 nitrogen and oxygen atoms in total. The molecule has 0 aromatic carbocycles. The Balaban J connectivity index is 2.25. The fraction of sp³-hybridized carbons (Fsp3) is 0.273. The average molecular weight is 236 g/mol. The van der Waals surface area contributed by atoms with E-state index in [-0.39, 0.29) is 6.42 Å². The van der Waals surface area contributed by atoms with E-state index in [1.54, 1.807) is 17.5 Å². The van der Waals surface area contributed by atoms with Crippen LogP contribution in [0.5, 0.6) is 0 Å². The highest BCUT2D eigenvalue weighted by Gasteiger charge is 2.08. The monoisotopic (exact) mass is 236 g/mol. The number of anilines is 1. The van der Waals surface area contributed by atoms with Crippen LogP contribution in [-0.2, 0) is 4.79 Å². The highest BCUT2D eigenvalue weighted by atomic mass is 32.1. The smallest absolute Gasteiger partial charge is 0.305 e. The average Bonchev–Trinajstić information content (AvgIpc) is 2.73. The van der Waals surface area contributed by atoms with E-state index >= 15 is 0 Å². The number of nitrogens with zero attached hydrogens (tertiary/aromatic N) is 2. The predicted molar refractivity (Wildman–Crippen MR) is 65.1 cm³/mol. The SMILES string of the molecule is CN(CCC(=O)O)c1ccnc2ccsc12. The molecule has 5 heteroatoms. The second-order valence-corrected chi connectivity index (χ2v) is 4.45. The molecule has 2 rings (SSSR count). The van der Waals surface area contributed by atoms with Crippen molar-refractivity contribution >= 4 is 33.2 Å². The third-order valence-corrected chi connectivity index (χ3v) is 3.32. The van der Waals surface area contributed by atoms with Crippen LogP contribution in [0.15, 0.2) is 23.7 Å². The highest BCUT2D eigenvalue weighted by molar-refractivity contribution is 7.17. The summed E-state index contributed by atoms with van der Waals surface area (Å²) in [6.07, 6.45) is 1.90. The Kier molecular flexibility index (Phi) is 3.05. The predicted octanol–water partition coefficient (Wildman–Crippen LogP) is 2.21. The summed E-state index contributed by atoms with van der Waals surface area (Å²) in [4.78, 5) is 16.7. The van der Waals surface area contributed by atoms with Crippen molar-refractivity contribution in [3.8, 4) is 0 Å². The second-order valence-electron chi connectivity index (χ2n) is 3.53. The molecule has 0 aliphatic heterocycles. The standard InChI is InChI=1S/C11H12N2O2S/c1-13(6-3-10(14)15)9-2-5-12-8-4-7-16-11(8)9/h2,4-5,7H,3,6H2,1H3,(H,14,15). The van der Waals surface area contributed by atoms with Gasteiger partial charge in [0, 0.05) is 19.8 Å². The van der Waals surface area contributed by atoms with Crippen LogP contribution in [0.3, 0.4) is 0 Å². The van der Waals surface area contributed by atoms with Crippen LogP contribution in [0.2, 0.25) is 0 Å². The Labute approximate surface area is 97.1 Å². The number of aromatic nitrogens is 1. The zero-order valence-corrected chi connectivity index (χ0v) is 9.70. The van der Waals surface area contributed by atoms with E-state index in [1.807, 2.05) is 29.5 Å². The van der Waals surface area contributed by atoms with Crippen LogP contribution in [-0.4, -0.2) is 29.7 Å². The largest absolute Gasteiger partial charge is 0.481 e. The van der Waals surface area contributed by atoms with Crippen molar-refractivity contribution in [1.29, 1.82) is 0 Å². The van der Waals surface area contributed by atoms with Crippen LogP contribution in [0.4, 0.5) is 5.69 Å². The molecule has 0 atom stereocenters. The summed E-state index contributed by atoms with van der Waals surface area (Å²) in [7, 11) is 1.90. The molecule has 0 radical (unpaired) electrons. The molecular weight excluding hydrogens is 224 g/mol. The molecule has 0 amide bonds. The van der Waals surface area contributed by atoms with Crippen LogP contribution in [0.1, 0.15) is 6.42 Å². The van der Waals surface area contributed by atoms with Crippen molar-refractivity contribution in [3.05, 3.63) is 23.7 Å². The molecule has 16 heavy (non-hydrogen) atoms. The molecule has 0 fully saturated rings. The Morgan fingerprint density at radius 2 is 2.38 bits per heavy atom. The number of hydrogen-bond donors (Lipinski definition) is 1. The Bertz CT molecular complexity index is 509. The van der Waals surface area contributed by atoms with Gasteiger partial charge in [-0.3, -0.25) is 9.78 Å². The van der Waals surface area contributed by atoms with Crippen molar-refractivity contribution in [3.63, 3.8) is 0 Å². The summed E-state index contributed by atoms with van der Waals surface area (Å²) < 4.78 is 1.11. The second kappa shape index (κ2) is 4.49. The maximum absolute atomic E-state index is 10.5. The summed E-state index contributed by atoms with van der Waals surface area (Å²) >= 11 is 1.62. The molecule has 2 aromatic heterocycles. The third-order valence-electron chi connectivity index (χ3n) is 2.40. The van der Waals surface area contributed by atoms with Crippen molar-refractivity contribution in [2.45, 2.75) is 6.42 Å². The number of carboxylic acid groups (broad SMARTS) is 1. The molecule has 0 saturated carbocycles. The van der Waals surface area contributed by atoms with Gasteiger partial charge in [0.15, 0.2) is 0 Å². The fourth-order valence-corrected chi connectivity index (χ4v) is 2.46. The fourth-order valence-electron chi connectivity index (χ4n) is 1.54. The number of thiophene rings is 1. The first-order valence-electron chi connectivity index (χ1n) is 4.93. The Hall–Kier alpha value is -1.62. The van der Waals surface area contributed by atoms with Gasteiger partial charge in [0.2, 0.25) is 0 Å². The lowest BCUT2D eigenvalue weighted by molar-refractivity contribution is -0.136. The quantitative estimate of drug-likeness (QED) is 0.884. The molecule has 0 spiro atoms. The van der Waals surface area contributed by atoms with Crippen LogP contribution >= 0.6 is 11.3 Å². The molecule has 2 heterocycles. The van der Waals surface area contributed by atoms with Crippen molar-refractivity contribution in [2.75, 3.05) is 18.5 Å². The van der Waals surface area contributed by atoms with E-state index in [2.05, 4.69) is 4.98 Å². The van der Waals surface area contributed by atoms with Gasteiger partial charge < -0.3 is 10.0 Å². The van der Waals surface area contributed by atoms with Crippen molar-refractivity contribution < 1.29 is 9.90 Å². The number of fused-ring (bicyclic) bond motifs is 1. The Morgan fingerprint density at radius 1 is 1.56 bits per heavy atom. The van der Waals surface area contributed by atoms with Crippen LogP contribution < -0.4 is 4.90 Å². The van der Waals surface area contributed by atoms with E-state index in [0.717, 1.165) is 15.9 Å². The Morgan fingerprint density at radius 3 is 3.12 bits per heavy atom.